The molecule has 0 bridgehead atoms. The van der Waals surface area contributed by atoms with Crippen molar-refractivity contribution < 1.29 is 14.7 Å². The van der Waals surface area contributed by atoms with Crippen LogP contribution in [0.4, 0.5) is 11.4 Å². The van der Waals surface area contributed by atoms with Gasteiger partial charge in [-0.1, -0.05) is 17.9 Å². The van der Waals surface area contributed by atoms with Crippen LogP contribution >= 0.6 is 11.3 Å². The van der Waals surface area contributed by atoms with Crippen molar-refractivity contribution >= 4 is 44.7 Å². The first-order valence-corrected chi connectivity index (χ1v) is 8.38. The van der Waals surface area contributed by atoms with E-state index in [1.807, 2.05) is 0 Å². The van der Waals surface area contributed by atoms with Gasteiger partial charge in [-0.05, 0) is 42.5 Å². The molecule has 2 amide bonds. The first kappa shape index (κ1) is 17.4. The SMILES string of the molecule is C=CC(=O)Nc1ccc(O)c(C(=O)Nc2ccc3sc(=O)n(C)c3c2)c1. The lowest BCUT2D eigenvalue weighted by atomic mass is 10.1. The van der Waals surface area contributed by atoms with E-state index < -0.39 is 11.8 Å². The molecule has 0 aliphatic heterocycles. The van der Waals surface area contributed by atoms with Gasteiger partial charge in [0.15, 0.2) is 0 Å². The number of hydrogen-bond donors (Lipinski definition) is 3. The number of anilines is 2. The number of aryl methyl sites for hydroxylation is 1. The largest absolute Gasteiger partial charge is 0.507 e. The van der Waals surface area contributed by atoms with Crippen LogP contribution in [0.15, 0.2) is 53.8 Å². The highest BCUT2D eigenvalue weighted by molar-refractivity contribution is 7.16. The Labute approximate surface area is 152 Å². The van der Waals surface area contributed by atoms with Gasteiger partial charge in [0.05, 0.1) is 15.8 Å². The van der Waals surface area contributed by atoms with E-state index in [4.69, 9.17) is 0 Å². The number of thiazole rings is 1. The predicted molar refractivity (Wildman–Crippen MR) is 102 cm³/mol. The first-order chi connectivity index (χ1) is 12.4. The summed E-state index contributed by atoms with van der Waals surface area (Å²) >= 11 is 1.12. The minimum Gasteiger partial charge on any atom is -0.507 e. The van der Waals surface area contributed by atoms with Gasteiger partial charge >= 0.3 is 4.87 Å². The van der Waals surface area contributed by atoms with Crippen LogP contribution in [0, 0.1) is 0 Å². The van der Waals surface area contributed by atoms with Crippen molar-refractivity contribution in [2.45, 2.75) is 0 Å². The van der Waals surface area contributed by atoms with Crippen molar-refractivity contribution in [1.29, 1.82) is 0 Å². The fourth-order valence-electron chi connectivity index (χ4n) is 2.39. The van der Waals surface area contributed by atoms with E-state index in [-0.39, 0.29) is 16.2 Å². The van der Waals surface area contributed by atoms with Crippen molar-refractivity contribution in [3.63, 3.8) is 0 Å². The molecule has 8 heteroatoms. The first-order valence-electron chi connectivity index (χ1n) is 7.56. The summed E-state index contributed by atoms with van der Waals surface area (Å²) in [6.07, 6.45) is 1.10. The zero-order valence-electron chi connectivity index (χ0n) is 13.8. The molecule has 0 saturated carbocycles. The molecule has 3 aromatic rings. The van der Waals surface area contributed by atoms with Gasteiger partial charge in [-0.15, -0.1) is 0 Å². The van der Waals surface area contributed by atoms with Crippen LogP contribution in [0.5, 0.6) is 5.75 Å². The number of nitrogens with zero attached hydrogens (tertiary/aromatic N) is 1. The van der Waals surface area contributed by atoms with Crippen LogP contribution in [-0.2, 0) is 11.8 Å². The number of phenolic OH excluding ortho intramolecular Hbond substituents is 1. The number of nitrogens with one attached hydrogen (secondary N) is 2. The lowest BCUT2D eigenvalue weighted by Crippen LogP contribution is -2.14. The normalized spacial score (nSPS) is 10.5. The molecule has 2 aromatic carbocycles. The number of aromatic hydroxyl groups is 1. The zero-order chi connectivity index (χ0) is 18.8. The maximum atomic E-state index is 12.5. The molecule has 0 aliphatic carbocycles. The summed E-state index contributed by atoms with van der Waals surface area (Å²) < 4.78 is 2.31. The third-order valence-electron chi connectivity index (χ3n) is 3.74. The molecule has 26 heavy (non-hydrogen) atoms. The molecule has 0 atom stereocenters. The molecule has 0 radical (unpaired) electrons. The molecule has 3 rings (SSSR count). The fraction of sp³-hybridized carbons (Fsp3) is 0.0556. The van der Waals surface area contributed by atoms with E-state index in [1.165, 1.54) is 22.8 Å². The number of carbonyl (C=O) groups excluding carboxylic acids is 2. The van der Waals surface area contributed by atoms with E-state index in [2.05, 4.69) is 17.2 Å². The number of hydrogen-bond acceptors (Lipinski definition) is 5. The summed E-state index contributed by atoms with van der Waals surface area (Å²) in [6.45, 7) is 3.36. The lowest BCUT2D eigenvalue weighted by Gasteiger charge is -2.10. The summed E-state index contributed by atoms with van der Waals surface area (Å²) in [5.41, 5.74) is 1.55. The lowest BCUT2D eigenvalue weighted by molar-refractivity contribution is -0.111. The maximum absolute atomic E-state index is 12.5. The highest BCUT2D eigenvalue weighted by atomic mass is 32.1. The fourth-order valence-corrected chi connectivity index (χ4v) is 3.25. The summed E-state index contributed by atoms with van der Waals surface area (Å²) in [5, 5.41) is 15.2. The Bertz CT molecular complexity index is 1100. The summed E-state index contributed by atoms with van der Waals surface area (Å²) in [6, 6.07) is 9.27. The minimum absolute atomic E-state index is 0.00571. The highest BCUT2D eigenvalue weighted by Gasteiger charge is 2.14. The molecular formula is C18H15N3O4S. The van der Waals surface area contributed by atoms with Gasteiger partial charge in [0.25, 0.3) is 5.91 Å². The average Bonchev–Trinajstić information content (AvgIpc) is 2.90. The summed E-state index contributed by atoms with van der Waals surface area (Å²) in [4.78, 5) is 35.5. The van der Waals surface area contributed by atoms with Crippen LogP contribution in [-0.4, -0.2) is 21.5 Å². The zero-order valence-corrected chi connectivity index (χ0v) is 14.6. The van der Waals surface area contributed by atoms with E-state index >= 15 is 0 Å². The van der Waals surface area contributed by atoms with Crippen molar-refractivity contribution in [1.82, 2.24) is 4.57 Å². The van der Waals surface area contributed by atoms with E-state index in [9.17, 15) is 19.5 Å². The topological polar surface area (TPSA) is 100 Å². The summed E-state index contributed by atoms with van der Waals surface area (Å²) in [7, 11) is 1.66. The van der Waals surface area contributed by atoms with Crippen molar-refractivity contribution in [3.05, 3.63) is 64.3 Å². The molecule has 1 heterocycles. The molecule has 0 spiro atoms. The molecule has 1 aromatic heterocycles. The Morgan fingerprint density at radius 1 is 1.15 bits per heavy atom. The number of aromatic nitrogens is 1. The number of amides is 2. The predicted octanol–water partition coefficient (Wildman–Crippen LogP) is 2.68. The maximum Gasteiger partial charge on any atom is 0.307 e. The monoisotopic (exact) mass is 369 g/mol. The number of rotatable bonds is 4. The van der Waals surface area contributed by atoms with E-state index in [0.717, 1.165) is 22.1 Å². The number of carbonyl (C=O) groups is 2. The van der Waals surface area contributed by atoms with Gasteiger partial charge in [-0.2, -0.15) is 0 Å². The van der Waals surface area contributed by atoms with Gasteiger partial charge in [0.1, 0.15) is 5.75 Å². The highest BCUT2D eigenvalue weighted by Crippen LogP contribution is 2.25. The Morgan fingerprint density at radius 3 is 2.58 bits per heavy atom. The second-order valence-electron chi connectivity index (χ2n) is 5.49. The molecule has 3 N–H and O–H groups in total. The van der Waals surface area contributed by atoms with Gasteiger partial charge in [-0.3, -0.25) is 14.4 Å². The van der Waals surface area contributed by atoms with Crippen LogP contribution in [0.1, 0.15) is 10.4 Å². The van der Waals surface area contributed by atoms with Crippen molar-refractivity contribution in [2.24, 2.45) is 7.05 Å². The third kappa shape index (κ3) is 3.35. The number of fused-ring (bicyclic) bond motifs is 1. The van der Waals surface area contributed by atoms with Gasteiger partial charge < -0.3 is 20.3 Å². The van der Waals surface area contributed by atoms with Gasteiger partial charge in [-0.25, -0.2) is 0 Å². The summed E-state index contributed by atoms with van der Waals surface area (Å²) in [5.74, 6) is -1.19. The molecule has 7 nitrogen and oxygen atoms in total. The number of phenols is 1. The van der Waals surface area contributed by atoms with Crippen molar-refractivity contribution in [2.75, 3.05) is 10.6 Å². The Kier molecular flexibility index (Phi) is 4.59. The minimum atomic E-state index is -0.545. The smallest absolute Gasteiger partial charge is 0.307 e. The van der Waals surface area contributed by atoms with Crippen LogP contribution in [0.3, 0.4) is 0 Å². The molecule has 0 aliphatic rings. The van der Waals surface area contributed by atoms with E-state index in [0.29, 0.717) is 16.9 Å². The molecule has 0 saturated heterocycles. The van der Waals surface area contributed by atoms with Crippen LogP contribution in [0.2, 0.25) is 0 Å². The van der Waals surface area contributed by atoms with Gasteiger partial charge in [0.2, 0.25) is 5.91 Å². The Morgan fingerprint density at radius 2 is 1.85 bits per heavy atom. The second-order valence-corrected chi connectivity index (χ2v) is 6.48. The number of benzene rings is 2. The van der Waals surface area contributed by atoms with Crippen LogP contribution in [0.25, 0.3) is 10.2 Å². The molecule has 132 valence electrons. The molecule has 0 unspecified atom stereocenters. The standard InChI is InChI=1S/C18H15N3O4S/c1-3-16(23)19-10-4-6-14(22)12(8-10)17(24)20-11-5-7-15-13(9-11)21(2)18(25)26-15/h3-9,22H,1H2,2H3,(H,19,23)(H,20,24). The molecule has 0 fully saturated rings. The average molecular weight is 369 g/mol. The van der Waals surface area contributed by atoms with Gasteiger partial charge in [0, 0.05) is 18.4 Å². The van der Waals surface area contributed by atoms with E-state index in [1.54, 1.807) is 25.2 Å². The Balaban J connectivity index is 1.89. The quantitative estimate of drug-likeness (QED) is 0.486. The second kappa shape index (κ2) is 6.85. The molecular weight excluding hydrogens is 354 g/mol. The van der Waals surface area contributed by atoms with Crippen molar-refractivity contribution in [3.8, 4) is 5.75 Å². The van der Waals surface area contributed by atoms with Crippen LogP contribution < -0.4 is 15.5 Å². The third-order valence-corrected chi connectivity index (χ3v) is 4.76. The Hall–Kier alpha value is -3.39.